The Morgan fingerprint density at radius 2 is 2.27 bits per heavy atom. The first-order valence-corrected chi connectivity index (χ1v) is 5.37. The highest BCUT2D eigenvalue weighted by Crippen LogP contribution is 2.30. The number of hydrogen-bond acceptors (Lipinski definition) is 3. The van der Waals surface area contributed by atoms with Crippen LogP contribution in [0.3, 0.4) is 0 Å². The molecule has 0 radical (unpaired) electrons. The maximum Gasteiger partial charge on any atom is 0.304 e. The van der Waals surface area contributed by atoms with Crippen molar-refractivity contribution in [3.05, 3.63) is 17.0 Å². The van der Waals surface area contributed by atoms with Gasteiger partial charge in [0.25, 0.3) is 0 Å². The van der Waals surface area contributed by atoms with Gasteiger partial charge in [0.15, 0.2) is 0 Å². The lowest BCUT2D eigenvalue weighted by Crippen LogP contribution is -2.07. The van der Waals surface area contributed by atoms with Crippen molar-refractivity contribution in [3.8, 4) is 0 Å². The van der Waals surface area contributed by atoms with Crippen LogP contribution in [0.15, 0.2) is 4.52 Å². The van der Waals surface area contributed by atoms with Crippen LogP contribution in [0.2, 0.25) is 0 Å². The van der Waals surface area contributed by atoms with Gasteiger partial charge >= 0.3 is 5.97 Å². The first-order chi connectivity index (χ1) is 7.18. The van der Waals surface area contributed by atoms with Crippen molar-refractivity contribution in [2.45, 2.75) is 44.9 Å². The Morgan fingerprint density at radius 3 is 3.00 bits per heavy atom. The van der Waals surface area contributed by atoms with Crippen molar-refractivity contribution < 1.29 is 14.4 Å². The molecule has 0 saturated carbocycles. The third kappa shape index (κ3) is 2.03. The average molecular weight is 209 g/mol. The van der Waals surface area contributed by atoms with Crippen LogP contribution >= 0.6 is 0 Å². The van der Waals surface area contributed by atoms with E-state index >= 15 is 0 Å². The molecule has 0 bridgehead atoms. The van der Waals surface area contributed by atoms with Gasteiger partial charge in [-0.1, -0.05) is 12.1 Å². The van der Waals surface area contributed by atoms with E-state index in [1.54, 1.807) is 0 Å². The van der Waals surface area contributed by atoms with Crippen molar-refractivity contribution in [1.82, 2.24) is 5.16 Å². The molecule has 1 aromatic heterocycles. The SMILES string of the molecule is CC(CC(=O)O)c1onc2c1CCCC2. The number of carbonyl (C=O) groups is 1. The first-order valence-electron chi connectivity index (χ1n) is 5.37. The normalized spacial score (nSPS) is 17.1. The Kier molecular flexibility index (Phi) is 2.75. The second-order valence-corrected chi connectivity index (χ2v) is 4.18. The molecule has 1 aromatic rings. The molecule has 0 aliphatic heterocycles. The van der Waals surface area contributed by atoms with E-state index in [1.165, 1.54) is 0 Å². The topological polar surface area (TPSA) is 63.3 Å². The molecule has 0 spiro atoms. The molecule has 1 N–H and O–H groups in total. The third-order valence-electron chi connectivity index (χ3n) is 2.92. The maximum absolute atomic E-state index is 10.6. The fraction of sp³-hybridized carbons (Fsp3) is 0.636. The van der Waals surface area contributed by atoms with Crippen molar-refractivity contribution >= 4 is 5.97 Å². The number of aromatic nitrogens is 1. The molecule has 0 fully saturated rings. The number of fused-ring (bicyclic) bond motifs is 1. The summed E-state index contributed by atoms with van der Waals surface area (Å²) in [4.78, 5) is 10.6. The second kappa shape index (κ2) is 4.04. The van der Waals surface area contributed by atoms with Gasteiger partial charge in [0.2, 0.25) is 0 Å². The van der Waals surface area contributed by atoms with E-state index in [0.29, 0.717) is 0 Å². The summed E-state index contributed by atoms with van der Waals surface area (Å²) in [5, 5.41) is 12.7. The van der Waals surface area contributed by atoms with Gasteiger partial charge in [0.1, 0.15) is 5.76 Å². The number of carboxylic acid groups (broad SMARTS) is 1. The van der Waals surface area contributed by atoms with E-state index in [1.807, 2.05) is 6.92 Å². The number of carboxylic acids is 1. The molecule has 0 amide bonds. The summed E-state index contributed by atoms with van der Waals surface area (Å²) in [5.74, 6) is -0.0765. The van der Waals surface area contributed by atoms with Crippen molar-refractivity contribution in [1.29, 1.82) is 0 Å². The molecule has 1 unspecified atom stereocenters. The Balaban J connectivity index is 2.20. The molecule has 1 aliphatic rings. The summed E-state index contributed by atoms with van der Waals surface area (Å²) in [6.45, 7) is 1.88. The number of nitrogens with zero attached hydrogens (tertiary/aromatic N) is 1. The minimum absolute atomic E-state index is 0.0724. The first kappa shape index (κ1) is 10.2. The van der Waals surface area contributed by atoms with E-state index in [0.717, 1.165) is 42.7 Å². The van der Waals surface area contributed by atoms with Gasteiger partial charge < -0.3 is 9.63 Å². The van der Waals surface area contributed by atoms with Gasteiger partial charge in [-0.15, -0.1) is 0 Å². The van der Waals surface area contributed by atoms with E-state index in [2.05, 4.69) is 5.16 Å². The summed E-state index contributed by atoms with van der Waals surface area (Å²) < 4.78 is 5.27. The van der Waals surface area contributed by atoms with Crippen LogP contribution in [0.25, 0.3) is 0 Å². The molecule has 1 atom stereocenters. The van der Waals surface area contributed by atoms with Gasteiger partial charge in [-0.25, -0.2) is 0 Å². The number of aryl methyl sites for hydroxylation is 1. The highest BCUT2D eigenvalue weighted by molar-refractivity contribution is 5.67. The van der Waals surface area contributed by atoms with Gasteiger partial charge in [0.05, 0.1) is 12.1 Å². The Bertz CT molecular complexity index is 370. The molecule has 4 heteroatoms. The van der Waals surface area contributed by atoms with Crippen molar-refractivity contribution in [2.75, 3.05) is 0 Å². The molecule has 1 aliphatic carbocycles. The lowest BCUT2D eigenvalue weighted by Gasteiger charge is -2.11. The lowest BCUT2D eigenvalue weighted by atomic mass is 9.91. The minimum atomic E-state index is -0.788. The van der Waals surface area contributed by atoms with Gasteiger partial charge in [-0.2, -0.15) is 0 Å². The predicted octanol–water partition coefficient (Wildman–Crippen LogP) is 2.13. The van der Waals surface area contributed by atoms with Crippen LogP contribution in [0.4, 0.5) is 0 Å². The van der Waals surface area contributed by atoms with Crippen LogP contribution in [-0.2, 0) is 17.6 Å². The zero-order chi connectivity index (χ0) is 10.8. The molecule has 1 heterocycles. The molecule has 82 valence electrons. The van der Waals surface area contributed by atoms with Crippen molar-refractivity contribution in [2.24, 2.45) is 0 Å². The highest BCUT2D eigenvalue weighted by Gasteiger charge is 2.24. The summed E-state index contributed by atoms with van der Waals surface area (Å²) in [6, 6.07) is 0. The number of hydrogen-bond donors (Lipinski definition) is 1. The van der Waals surface area contributed by atoms with Gasteiger partial charge in [0, 0.05) is 11.5 Å². The Labute approximate surface area is 88.3 Å². The molecule has 4 nitrogen and oxygen atoms in total. The standard InChI is InChI=1S/C11H15NO3/c1-7(6-10(13)14)11-8-4-2-3-5-9(8)12-15-11/h7H,2-6H2,1H3,(H,13,14). The predicted molar refractivity (Wildman–Crippen MR) is 53.8 cm³/mol. The minimum Gasteiger partial charge on any atom is -0.481 e. The van der Waals surface area contributed by atoms with Gasteiger partial charge in [-0.05, 0) is 25.7 Å². The average Bonchev–Trinajstić information content (AvgIpc) is 2.59. The summed E-state index contributed by atoms with van der Waals surface area (Å²) >= 11 is 0. The Hall–Kier alpha value is -1.32. The van der Waals surface area contributed by atoms with Crippen LogP contribution in [0.5, 0.6) is 0 Å². The highest BCUT2D eigenvalue weighted by atomic mass is 16.5. The monoisotopic (exact) mass is 209 g/mol. The fourth-order valence-electron chi connectivity index (χ4n) is 2.16. The largest absolute Gasteiger partial charge is 0.481 e. The van der Waals surface area contributed by atoms with Crippen LogP contribution < -0.4 is 0 Å². The molecule has 2 rings (SSSR count). The molecule has 0 aromatic carbocycles. The molecular weight excluding hydrogens is 194 g/mol. The fourth-order valence-corrected chi connectivity index (χ4v) is 2.16. The molecule has 0 saturated heterocycles. The summed E-state index contributed by atoms with van der Waals surface area (Å²) in [5.41, 5.74) is 2.20. The number of aliphatic carboxylic acids is 1. The summed E-state index contributed by atoms with van der Waals surface area (Å²) in [6.07, 6.45) is 4.38. The quantitative estimate of drug-likeness (QED) is 0.828. The lowest BCUT2D eigenvalue weighted by molar-refractivity contribution is -0.137. The van der Waals surface area contributed by atoms with Crippen LogP contribution in [0, 0.1) is 0 Å². The van der Waals surface area contributed by atoms with Crippen molar-refractivity contribution in [3.63, 3.8) is 0 Å². The third-order valence-corrected chi connectivity index (χ3v) is 2.92. The van der Waals surface area contributed by atoms with Crippen LogP contribution in [-0.4, -0.2) is 16.2 Å². The summed E-state index contributed by atoms with van der Waals surface area (Å²) in [7, 11) is 0. The zero-order valence-electron chi connectivity index (χ0n) is 8.82. The number of rotatable bonds is 3. The van der Waals surface area contributed by atoms with Gasteiger partial charge in [-0.3, -0.25) is 4.79 Å². The molecular formula is C11H15NO3. The maximum atomic E-state index is 10.6. The van der Waals surface area contributed by atoms with Crippen LogP contribution in [0.1, 0.15) is 49.1 Å². The van der Waals surface area contributed by atoms with E-state index in [4.69, 9.17) is 9.63 Å². The zero-order valence-corrected chi connectivity index (χ0v) is 8.82. The van der Waals surface area contributed by atoms with E-state index < -0.39 is 5.97 Å². The molecule has 15 heavy (non-hydrogen) atoms. The van der Waals surface area contributed by atoms with E-state index in [-0.39, 0.29) is 12.3 Å². The smallest absolute Gasteiger partial charge is 0.304 e. The Morgan fingerprint density at radius 1 is 1.53 bits per heavy atom. The van der Waals surface area contributed by atoms with E-state index in [9.17, 15) is 4.79 Å². The second-order valence-electron chi connectivity index (χ2n) is 4.18.